The molecule has 1 aliphatic heterocycles. The van der Waals surface area contributed by atoms with Crippen LogP contribution in [0.1, 0.15) is 90.0 Å². The molecule has 1 aromatic rings. The monoisotopic (exact) mass is 441 g/mol. The van der Waals surface area contributed by atoms with E-state index in [-0.39, 0.29) is 22.8 Å². The first kappa shape index (κ1) is 24.2. The summed E-state index contributed by atoms with van der Waals surface area (Å²) < 4.78 is 0. The zero-order chi connectivity index (χ0) is 21.4. The second kappa shape index (κ2) is 11.3. The van der Waals surface area contributed by atoms with Crippen molar-refractivity contribution in [3.63, 3.8) is 0 Å². The highest BCUT2D eigenvalue weighted by atomic mass is 35.5. The number of carbonyl (C=O) groups is 2. The van der Waals surface area contributed by atoms with Crippen molar-refractivity contribution in [1.29, 1.82) is 0 Å². The Morgan fingerprint density at radius 2 is 1.48 bits per heavy atom. The molecular weight excluding hydrogens is 409 g/mol. The van der Waals surface area contributed by atoms with Crippen molar-refractivity contribution in [1.82, 2.24) is 0 Å². The molecule has 1 aromatic carbocycles. The largest absolute Gasteiger partial charge is 0.375 e. The van der Waals surface area contributed by atoms with Gasteiger partial charge in [-0.2, -0.15) is 0 Å². The van der Waals surface area contributed by atoms with Crippen molar-refractivity contribution in [2.75, 3.05) is 11.4 Å². The van der Waals surface area contributed by atoms with E-state index in [0.717, 1.165) is 19.3 Å². The third-order valence-electron chi connectivity index (χ3n) is 5.60. The van der Waals surface area contributed by atoms with Crippen LogP contribution in [0.5, 0.6) is 0 Å². The van der Waals surface area contributed by atoms with Gasteiger partial charge < -0.3 is 10.0 Å². The summed E-state index contributed by atoms with van der Waals surface area (Å²) in [4.78, 5) is 26.2. The molecule has 0 radical (unpaired) electrons. The maximum atomic E-state index is 13.0. The molecule has 29 heavy (non-hydrogen) atoms. The van der Waals surface area contributed by atoms with E-state index in [1.807, 2.05) is 0 Å². The first-order chi connectivity index (χ1) is 13.8. The fraction of sp³-hybridized carbons (Fsp3) is 0.652. The highest BCUT2D eigenvalue weighted by Crippen LogP contribution is 2.49. The van der Waals surface area contributed by atoms with Crippen molar-refractivity contribution in [2.45, 2.75) is 90.1 Å². The molecule has 0 spiro atoms. The van der Waals surface area contributed by atoms with E-state index in [4.69, 9.17) is 23.2 Å². The number of anilines is 1. The number of hydrogen-bond donors (Lipinski definition) is 1. The van der Waals surface area contributed by atoms with Crippen LogP contribution in [-0.2, 0) is 15.2 Å². The van der Waals surface area contributed by atoms with Gasteiger partial charge in [0.15, 0.2) is 5.60 Å². The maximum absolute atomic E-state index is 13.0. The summed E-state index contributed by atoms with van der Waals surface area (Å²) in [5.74, 6) is -0.780. The minimum Gasteiger partial charge on any atom is -0.375 e. The summed E-state index contributed by atoms with van der Waals surface area (Å²) in [5.41, 5.74) is -1.22. The molecule has 0 saturated carbocycles. The average Bonchev–Trinajstić information content (AvgIpc) is 2.88. The first-order valence-corrected chi connectivity index (χ1v) is 11.6. The Kier molecular flexibility index (Phi) is 9.45. The first-order valence-electron chi connectivity index (χ1n) is 10.8. The van der Waals surface area contributed by atoms with Crippen LogP contribution in [0.3, 0.4) is 0 Å². The molecule has 1 amide bonds. The molecular formula is C23H33Cl2NO3. The van der Waals surface area contributed by atoms with Gasteiger partial charge in [-0.05, 0) is 25.5 Å². The van der Waals surface area contributed by atoms with Crippen LogP contribution in [-0.4, -0.2) is 23.3 Å². The molecule has 4 nitrogen and oxygen atoms in total. The lowest BCUT2D eigenvalue weighted by Crippen LogP contribution is -2.42. The van der Waals surface area contributed by atoms with Gasteiger partial charge in [0.05, 0.1) is 10.7 Å². The van der Waals surface area contributed by atoms with Gasteiger partial charge in [-0.15, -0.1) is 0 Å². The van der Waals surface area contributed by atoms with Gasteiger partial charge in [-0.25, -0.2) is 0 Å². The van der Waals surface area contributed by atoms with Gasteiger partial charge in [-0.1, -0.05) is 87.9 Å². The molecule has 0 fully saturated rings. The zero-order valence-corrected chi connectivity index (χ0v) is 19.1. The Labute approximate surface area is 184 Å². The highest BCUT2D eigenvalue weighted by Gasteiger charge is 2.52. The van der Waals surface area contributed by atoms with Gasteiger partial charge in [0.1, 0.15) is 5.78 Å². The lowest BCUT2D eigenvalue weighted by atomic mass is 9.90. The number of hydrogen-bond acceptors (Lipinski definition) is 3. The fourth-order valence-corrected chi connectivity index (χ4v) is 4.69. The van der Waals surface area contributed by atoms with Crippen LogP contribution in [0.15, 0.2) is 12.1 Å². The van der Waals surface area contributed by atoms with E-state index in [1.165, 1.54) is 56.8 Å². The van der Waals surface area contributed by atoms with E-state index in [2.05, 4.69) is 6.92 Å². The van der Waals surface area contributed by atoms with E-state index in [9.17, 15) is 14.7 Å². The molecule has 0 aliphatic carbocycles. The number of Topliss-reactive ketones (excluding diaryl/α,β-unsaturated/α-hetero) is 1. The number of benzene rings is 1. The van der Waals surface area contributed by atoms with Crippen LogP contribution in [0.4, 0.5) is 5.69 Å². The summed E-state index contributed by atoms with van der Waals surface area (Å²) in [6.07, 6.45) is 11.7. The van der Waals surface area contributed by atoms with E-state index >= 15 is 0 Å². The lowest BCUT2D eigenvalue weighted by Gasteiger charge is -2.22. The van der Waals surface area contributed by atoms with Crippen LogP contribution < -0.4 is 4.90 Å². The molecule has 0 bridgehead atoms. The lowest BCUT2D eigenvalue weighted by molar-refractivity contribution is -0.141. The number of fused-ring (bicyclic) bond motifs is 1. The van der Waals surface area contributed by atoms with Gasteiger partial charge in [0, 0.05) is 23.6 Å². The van der Waals surface area contributed by atoms with E-state index < -0.39 is 11.5 Å². The Morgan fingerprint density at radius 3 is 2.03 bits per heavy atom. The Bertz CT molecular complexity index is 722. The zero-order valence-electron chi connectivity index (χ0n) is 17.6. The third-order valence-corrected chi connectivity index (χ3v) is 6.22. The molecule has 1 unspecified atom stereocenters. The van der Waals surface area contributed by atoms with Gasteiger partial charge in [0.2, 0.25) is 0 Å². The van der Waals surface area contributed by atoms with E-state index in [0.29, 0.717) is 17.3 Å². The summed E-state index contributed by atoms with van der Waals surface area (Å²) in [5, 5.41) is 11.7. The molecule has 1 atom stereocenters. The van der Waals surface area contributed by atoms with Crippen LogP contribution >= 0.6 is 23.2 Å². The predicted molar refractivity (Wildman–Crippen MR) is 120 cm³/mol. The molecule has 0 saturated heterocycles. The Hall–Kier alpha value is -1.10. The maximum Gasteiger partial charge on any atom is 0.264 e. The second-order valence-electron chi connectivity index (χ2n) is 8.13. The Morgan fingerprint density at radius 1 is 0.966 bits per heavy atom. The number of carbonyl (C=O) groups excluding carboxylic acids is 2. The Balaban J connectivity index is 1.93. The summed E-state index contributed by atoms with van der Waals surface area (Å²) >= 11 is 12.6. The third kappa shape index (κ3) is 5.96. The van der Waals surface area contributed by atoms with Crippen molar-refractivity contribution in [3.8, 4) is 0 Å². The highest BCUT2D eigenvalue weighted by molar-refractivity contribution is 6.38. The number of nitrogens with zero attached hydrogens (tertiary/aromatic N) is 1. The van der Waals surface area contributed by atoms with Gasteiger partial charge in [0.25, 0.3) is 5.91 Å². The van der Waals surface area contributed by atoms with Gasteiger partial charge in [-0.3, -0.25) is 9.59 Å². The molecule has 162 valence electrons. The van der Waals surface area contributed by atoms with Crippen molar-refractivity contribution < 1.29 is 14.7 Å². The van der Waals surface area contributed by atoms with Crippen molar-refractivity contribution >= 4 is 40.6 Å². The summed E-state index contributed by atoms with van der Waals surface area (Å²) in [6.45, 7) is 4.04. The fourth-order valence-electron chi connectivity index (χ4n) is 4.13. The topological polar surface area (TPSA) is 57.6 Å². The number of halogens is 2. The number of ketones is 1. The average molecular weight is 442 g/mol. The molecule has 1 aliphatic rings. The predicted octanol–water partition coefficient (Wildman–Crippen LogP) is 6.43. The number of amides is 1. The van der Waals surface area contributed by atoms with Gasteiger partial charge >= 0.3 is 0 Å². The SMILES string of the molecule is CCCCCCCCCCCCN1C(=O)C(O)(CC(C)=O)c2c(Cl)ccc(Cl)c21. The molecule has 1 N–H and O–H groups in total. The van der Waals surface area contributed by atoms with Crippen LogP contribution in [0.25, 0.3) is 0 Å². The van der Waals surface area contributed by atoms with Crippen molar-refractivity contribution in [3.05, 3.63) is 27.7 Å². The quantitative estimate of drug-likeness (QED) is 0.358. The molecule has 1 heterocycles. The normalized spacial score (nSPS) is 18.4. The summed E-state index contributed by atoms with van der Waals surface area (Å²) in [7, 11) is 0. The number of aliphatic hydroxyl groups is 1. The molecule has 6 heteroatoms. The van der Waals surface area contributed by atoms with E-state index in [1.54, 1.807) is 12.1 Å². The van der Waals surface area contributed by atoms with Crippen LogP contribution in [0, 0.1) is 0 Å². The number of rotatable bonds is 13. The minimum absolute atomic E-state index is 0.257. The minimum atomic E-state index is -1.93. The molecule has 2 rings (SSSR count). The van der Waals surface area contributed by atoms with Crippen LogP contribution in [0.2, 0.25) is 10.0 Å². The standard InChI is InChI=1S/C23H33Cl2NO3/c1-3-4-5-6-7-8-9-10-11-12-15-26-21-19(25)14-13-18(24)20(21)23(29,22(26)28)16-17(2)27/h13-14,29H,3-12,15-16H2,1-2H3. The summed E-state index contributed by atoms with van der Waals surface area (Å²) in [6, 6.07) is 3.19. The smallest absolute Gasteiger partial charge is 0.264 e. The van der Waals surface area contributed by atoms with Crippen molar-refractivity contribution in [2.24, 2.45) is 0 Å². The number of unbranched alkanes of at least 4 members (excludes halogenated alkanes) is 9. The molecule has 0 aromatic heterocycles. The second-order valence-corrected chi connectivity index (χ2v) is 8.95.